The highest BCUT2D eigenvalue weighted by Crippen LogP contribution is 2.23. The summed E-state index contributed by atoms with van der Waals surface area (Å²) in [7, 11) is 0. The SMILES string of the molecule is CC/C=C\C/C=C\C/C=C\C/C=C\C/C=C\C/C=C\C/C=C\CCCCCCCCCCCCCC(=O)NC(COC1OC(CO)C(O)C(O)C1O)C(O)/C=C/CC/C=C/CC/C=C/CCCCCCCCCCCCCCCCCCCCCCCC. The van der Waals surface area contributed by atoms with Gasteiger partial charge in [0.15, 0.2) is 6.29 Å². The van der Waals surface area contributed by atoms with Crippen molar-refractivity contribution in [2.45, 2.75) is 358 Å². The number of rotatable bonds is 63. The minimum Gasteiger partial charge on any atom is -0.394 e. The molecule has 0 aromatic rings. The third-order valence-electron chi connectivity index (χ3n) is 16.7. The summed E-state index contributed by atoms with van der Waals surface area (Å²) in [6.45, 7) is 3.67. The molecule has 506 valence electrons. The standard InChI is InChI=1S/C79H137NO8/c1-3-5-7-9-11-13-15-17-19-21-23-25-27-29-31-33-35-37-39-41-43-45-47-49-51-53-55-57-59-61-63-65-67-69-75(83)80-72(71-87-79-78(86)77(85)76(84)74(70-81)88-79)73(82)68-66-64-62-60-58-56-54-52-50-48-46-44-42-40-38-36-34-32-30-28-26-24-22-20-18-16-14-12-10-8-6-4-2/h5,7,11,13,17,19,23,25,29,31,35,37,41,43,50,52,58,60,66,68,72-74,76-79,81-82,84-86H,3-4,6,8-10,12,14-16,18,20-22,24,26-28,30,32-34,36,38-40,42,44-49,51,53-57,59,61-65,67,69-71H2,1-2H3,(H,80,83)/b7-5-,13-11-,19-17-,25-23-,31-29-,37-35-,43-41-,52-50+,60-58+,68-66+. The number of nitrogens with one attached hydrogen (secondary N) is 1. The molecule has 88 heavy (non-hydrogen) atoms. The van der Waals surface area contributed by atoms with Crippen molar-refractivity contribution in [1.82, 2.24) is 5.32 Å². The Balaban J connectivity index is 2.17. The Labute approximate surface area is 541 Å². The molecule has 1 rings (SSSR count). The molecule has 9 nitrogen and oxygen atoms in total. The van der Waals surface area contributed by atoms with Crippen LogP contribution in [0.4, 0.5) is 0 Å². The Hall–Kier alpha value is -3.41. The van der Waals surface area contributed by atoms with E-state index in [-0.39, 0.29) is 12.5 Å². The van der Waals surface area contributed by atoms with Crippen LogP contribution in [-0.4, -0.2) is 87.5 Å². The molecular formula is C79H137NO8. The lowest BCUT2D eigenvalue weighted by Crippen LogP contribution is -2.60. The average molecular weight is 1230 g/mol. The van der Waals surface area contributed by atoms with Crippen LogP contribution in [0.5, 0.6) is 0 Å². The van der Waals surface area contributed by atoms with E-state index < -0.39 is 49.5 Å². The predicted octanol–water partition coefficient (Wildman–Crippen LogP) is 20.6. The minimum atomic E-state index is -1.58. The molecule has 0 aliphatic carbocycles. The summed E-state index contributed by atoms with van der Waals surface area (Å²) in [4.78, 5) is 13.1. The van der Waals surface area contributed by atoms with Gasteiger partial charge in [-0.05, 0) is 103 Å². The maximum atomic E-state index is 13.1. The molecule has 1 aliphatic rings. The first-order valence-corrected chi connectivity index (χ1v) is 36.8. The first-order valence-electron chi connectivity index (χ1n) is 36.8. The number of ether oxygens (including phenoxy) is 2. The number of carbonyl (C=O) groups excluding carboxylic acids is 1. The third-order valence-corrected chi connectivity index (χ3v) is 16.7. The lowest BCUT2D eigenvalue weighted by atomic mass is 9.99. The van der Waals surface area contributed by atoms with Crippen molar-refractivity contribution in [3.63, 3.8) is 0 Å². The zero-order valence-electron chi connectivity index (χ0n) is 56.7. The molecule has 0 bridgehead atoms. The fourth-order valence-corrected chi connectivity index (χ4v) is 11.1. The second-order valence-corrected chi connectivity index (χ2v) is 25.0. The summed E-state index contributed by atoms with van der Waals surface area (Å²) < 4.78 is 11.3. The second kappa shape index (κ2) is 66.5. The van der Waals surface area contributed by atoms with Crippen LogP contribution in [0.2, 0.25) is 0 Å². The van der Waals surface area contributed by atoms with E-state index in [4.69, 9.17) is 9.47 Å². The molecule has 0 radical (unpaired) electrons. The maximum Gasteiger partial charge on any atom is 0.220 e. The Morgan fingerprint density at radius 2 is 0.716 bits per heavy atom. The summed E-state index contributed by atoms with van der Waals surface area (Å²) in [6, 6.07) is -0.840. The van der Waals surface area contributed by atoms with Crippen LogP contribution in [0.15, 0.2) is 122 Å². The number of carbonyl (C=O) groups is 1. The van der Waals surface area contributed by atoms with Crippen LogP contribution in [0.25, 0.3) is 0 Å². The van der Waals surface area contributed by atoms with Crippen molar-refractivity contribution < 1.29 is 39.8 Å². The van der Waals surface area contributed by atoms with Gasteiger partial charge in [0.05, 0.1) is 25.4 Å². The van der Waals surface area contributed by atoms with E-state index in [0.717, 1.165) is 103 Å². The molecule has 0 aromatic carbocycles. The number of hydrogen-bond donors (Lipinski definition) is 6. The van der Waals surface area contributed by atoms with Crippen molar-refractivity contribution in [3.05, 3.63) is 122 Å². The number of aliphatic hydroxyl groups excluding tert-OH is 5. The lowest BCUT2D eigenvalue weighted by Gasteiger charge is -2.40. The Bertz CT molecular complexity index is 1810. The summed E-state index contributed by atoms with van der Waals surface area (Å²) in [6.07, 6.45) is 93.1. The monoisotopic (exact) mass is 1230 g/mol. The molecule has 1 heterocycles. The van der Waals surface area contributed by atoms with Gasteiger partial charge in [0.2, 0.25) is 5.91 Å². The van der Waals surface area contributed by atoms with E-state index in [1.165, 1.54) is 193 Å². The van der Waals surface area contributed by atoms with E-state index in [1.54, 1.807) is 6.08 Å². The van der Waals surface area contributed by atoms with Gasteiger partial charge in [-0.25, -0.2) is 0 Å². The topological polar surface area (TPSA) is 149 Å². The predicted molar refractivity (Wildman–Crippen MR) is 377 cm³/mol. The van der Waals surface area contributed by atoms with Gasteiger partial charge >= 0.3 is 0 Å². The number of hydrogen-bond acceptors (Lipinski definition) is 8. The first-order chi connectivity index (χ1) is 43.3. The highest BCUT2D eigenvalue weighted by Gasteiger charge is 2.44. The van der Waals surface area contributed by atoms with Gasteiger partial charge in [-0.2, -0.15) is 0 Å². The lowest BCUT2D eigenvalue weighted by molar-refractivity contribution is -0.302. The van der Waals surface area contributed by atoms with E-state index >= 15 is 0 Å². The van der Waals surface area contributed by atoms with Crippen molar-refractivity contribution in [3.8, 4) is 0 Å². The smallest absolute Gasteiger partial charge is 0.220 e. The maximum absolute atomic E-state index is 13.1. The molecule has 0 spiro atoms. The Morgan fingerprint density at radius 3 is 1.09 bits per heavy atom. The van der Waals surface area contributed by atoms with E-state index in [9.17, 15) is 30.3 Å². The summed E-state index contributed by atoms with van der Waals surface area (Å²) in [5.74, 6) is -0.196. The van der Waals surface area contributed by atoms with Crippen LogP contribution in [-0.2, 0) is 14.3 Å². The normalized spacial score (nSPS) is 18.6. The molecule has 0 aromatic heterocycles. The molecule has 7 unspecified atom stereocenters. The zero-order chi connectivity index (χ0) is 63.5. The van der Waals surface area contributed by atoms with Gasteiger partial charge in [-0.15, -0.1) is 0 Å². The van der Waals surface area contributed by atoms with Crippen LogP contribution < -0.4 is 5.32 Å². The van der Waals surface area contributed by atoms with Crippen molar-refractivity contribution in [1.29, 1.82) is 0 Å². The molecule has 0 saturated carbocycles. The number of aliphatic hydroxyl groups is 5. The van der Waals surface area contributed by atoms with E-state index in [2.05, 4.69) is 129 Å². The van der Waals surface area contributed by atoms with Crippen LogP contribution in [0, 0.1) is 0 Å². The average Bonchev–Trinajstić information content (AvgIpc) is 3.65. The highest BCUT2D eigenvalue weighted by molar-refractivity contribution is 5.76. The van der Waals surface area contributed by atoms with Gasteiger partial charge in [0.25, 0.3) is 0 Å². The molecule has 6 N–H and O–H groups in total. The number of amides is 1. The fraction of sp³-hybridized carbons (Fsp3) is 0.734. The van der Waals surface area contributed by atoms with Crippen molar-refractivity contribution in [2.75, 3.05) is 13.2 Å². The third kappa shape index (κ3) is 54.3. The molecular weight excluding hydrogens is 1090 g/mol. The minimum absolute atomic E-state index is 0.196. The molecule has 1 aliphatic heterocycles. The molecule has 1 saturated heterocycles. The second-order valence-electron chi connectivity index (χ2n) is 25.0. The van der Waals surface area contributed by atoms with Gasteiger partial charge in [0.1, 0.15) is 24.4 Å². The largest absolute Gasteiger partial charge is 0.394 e. The molecule has 9 heteroatoms. The highest BCUT2D eigenvalue weighted by atomic mass is 16.7. The van der Waals surface area contributed by atoms with Crippen LogP contribution in [0.3, 0.4) is 0 Å². The van der Waals surface area contributed by atoms with E-state index in [1.807, 2.05) is 6.08 Å². The Kier molecular flexibility index (Phi) is 62.4. The fourth-order valence-electron chi connectivity index (χ4n) is 11.1. The van der Waals surface area contributed by atoms with Gasteiger partial charge in [-0.1, -0.05) is 328 Å². The summed E-state index contributed by atoms with van der Waals surface area (Å²) in [5, 5.41) is 54.8. The summed E-state index contributed by atoms with van der Waals surface area (Å²) in [5.41, 5.74) is 0. The van der Waals surface area contributed by atoms with Gasteiger partial charge in [0, 0.05) is 6.42 Å². The molecule has 1 fully saturated rings. The van der Waals surface area contributed by atoms with Gasteiger partial charge < -0.3 is 40.3 Å². The number of allylic oxidation sites excluding steroid dienone is 19. The number of unbranched alkanes of at least 4 members (excludes halogenated alkanes) is 35. The summed E-state index contributed by atoms with van der Waals surface area (Å²) >= 11 is 0. The van der Waals surface area contributed by atoms with E-state index in [0.29, 0.717) is 6.42 Å². The Morgan fingerprint density at radius 1 is 0.398 bits per heavy atom. The van der Waals surface area contributed by atoms with Crippen LogP contribution in [0.1, 0.15) is 316 Å². The van der Waals surface area contributed by atoms with Crippen molar-refractivity contribution in [2.24, 2.45) is 0 Å². The van der Waals surface area contributed by atoms with Crippen LogP contribution >= 0.6 is 0 Å². The molecule has 7 atom stereocenters. The molecule has 1 amide bonds. The van der Waals surface area contributed by atoms with Gasteiger partial charge in [-0.3, -0.25) is 4.79 Å². The quantitative estimate of drug-likeness (QED) is 0.0261. The first kappa shape index (κ1) is 82.6. The van der Waals surface area contributed by atoms with Crippen molar-refractivity contribution >= 4 is 5.91 Å². The zero-order valence-corrected chi connectivity index (χ0v) is 56.7.